The second-order valence-electron chi connectivity index (χ2n) is 9.59. The van der Waals surface area contributed by atoms with Gasteiger partial charge in [0.25, 0.3) is 11.7 Å². The molecule has 0 unspecified atom stereocenters. The Bertz CT molecular complexity index is 1770. The molecule has 3 heterocycles. The minimum atomic E-state index is -3.33. The van der Waals surface area contributed by atoms with Gasteiger partial charge >= 0.3 is 0 Å². The van der Waals surface area contributed by atoms with E-state index in [0.29, 0.717) is 53.8 Å². The van der Waals surface area contributed by atoms with E-state index >= 15 is 0 Å². The number of aryl methyl sites for hydroxylation is 1. The van der Waals surface area contributed by atoms with Gasteiger partial charge in [-0.15, -0.1) is 0 Å². The van der Waals surface area contributed by atoms with Crippen LogP contribution in [0.2, 0.25) is 0 Å². The minimum absolute atomic E-state index is 0.203. The van der Waals surface area contributed by atoms with Crippen molar-refractivity contribution in [3.8, 4) is 11.3 Å². The van der Waals surface area contributed by atoms with E-state index in [9.17, 15) is 18.0 Å². The predicted octanol–water partition coefficient (Wildman–Crippen LogP) is 5.08. The molecule has 1 saturated heterocycles. The Balaban J connectivity index is 1.40. The van der Waals surface area contributed by atoms with Crippen LogP contribution < -0.4 is 0 Å². The van der Waals surface area contributed by atoms with Crippen molar-refractivity contribution in [2.45, 2.75) is 24.7 Å². The maximum Gasteiger partial charge on any atom is 0.295 e. The number of Topliss-reactive ketones (excluding diaryl/α,β-unsaturated/α-hetero) is 1. The monoisotopic (exact) mass is 538 g/mol. The number of ketones is 1. The molecule has 8 nitrogen and oxygen atoms in total. The van der Waals surface area contributed by atoms with Gasteiger partial charge in [0.15, 0.2) is 15.5 Å². The van der Waals surface area contributed by atoms with E-state index in [1.807, 2.05) is 37.3 Å². The van der Waals surface area contributed by atoms with Gasteiger partial charge in [-0.1, -0.05) is 48.0 Å². The van der Waals surface area contributed by atoms with Crippen molar-refractivity contribution < 1.29 is 18.0 Å². The Morgan fingerprint density at radius 2 is 1.69 bits per heavy atom. The molecule has 1 fully saturated rings. The molecule has 196 valence electrons. The Kier molecular flexibility index (Phi) is 6.89. The van der Waals surface area contributed by atoms with Crippen molar-refractivity contribution in [3.63, 3.8) is 0 Å². The molecule has 1 amide bonds. The highest BCUT2D eigenvalue weighted by molar-refractivity contribution is 7.90. The van der Waals surface area contributed by atoms with Gasteiger partial charge in [0.2, 0.25) is 0 Å². The third-order valence-electron chi connectivity index (χ3n) is 7.04. The van der Waals surface area contributed by atoms with Crippen LogP contribution in [0, 0.1) is 13.5 Å². The van der Waals surface area contributed by atoms with E-state index in [1.54, 1.807) is 23.2 Å². The molecule has 1 aliphatic rings. The highest BCUT2D eigenvalue weighted by atomic mass is 32.2. The zero-order chi connectivity index (χ0) is 27.7. The van der Waals surface area contributed by atoms with Gasteiger partial charge in [-0.25, -0.2) is 13.3 Å². The molecule has 0 spiro atoms. The second-order valence-corrected chi connectivity index (χ2v) is 11.6. The number of H-pyrrole nitrogens is 1. The molecule has 2 aromatic heterocycles. The van der Waals surface area contributed by atoms with Gasteiger partial charge in [0.1, 0.15) is 0 Å². The van der Waals surface area contributed by atoms with Crippen LogP contribution in [0.25, 0.3) is 32.7 Å². The molecule has 4 aromatic rings. The van der Waals surface area contributed by atoms with Crippen LogP contribution >= 0.6 is 0 Å². The number of sulfone groups is 1. The number of aromatic amines is 1. The number of benzene rings is 2. The summed E-state index contributed by atoms with van der Waals surface area (Å²) in [6.07, 6.45) is 5.41. The van der Waals surface area contributed by atoms with Crippen molar-refractivity contribution in [2.24, 2.45) is 0 Å². The Hall–Kier alpha value is -4.55. The first-order valence-electron chi connectivity index (χ1n) is 12.4. The molecule has 39 heavy (non-hydrogen) atoms. The molecule has 0 aliphatic carbocycles. The SMILES string of the molecule is [C-]#[N+]C(=C1CCN(C(=O)C(=O)c2c[nH]c3c(-c4ccc(S(C)(=O)=O)cc4)ncc(C)c23)CC1)c1ccccc1. The number of piperidine rings is 1. The summed E-state index contributed by atoms with van der Waals surface area (Å²) in [5, 5.41) is 0.613. The van der Waals surface area contributed by atoms with E-state index in [0.717, 1.165) is 23.0 Å². The van der Waals surface area contributed by atoms with Gasteiger partial charge in [0, 0.05) is 42.7 Å². The molecule has 0 bridgehead atoms. The molecule has 5 rings (SSSR count). The number of amides is 1. The summed E-state index contributed by atoms with van der Waals surface area (Å²) in [6.45, 7) is 10.2. The number of hydrogen-bond acceptors (Lipinski definition) is 5. The molecule has 2 aromatic carbocycles. The highest BCUT2D eigenvalue weighted by Crippen LogP contribution is 2.32. The van der Waals surface area contributed by atoms with Crippen LogP contribution in [0.3, 0.4) is 0 Å². The van der Waals surface area contributed by atoms with Crippen LogP contribution in [0.5, 0.6) is 0 Å². The topological polar surface area (TPSA) is 105 Å². The highest BCUT2D eigenvalue weighted by Gasteiger charge is 2.29. The maximum absolute atomic E-state index is 13.4. The number of pyridine rings is 1. The number of hydrogen-bond donors (Lipinski definition) is 1. The Labute approximate surface area is 226 Å². The molecule has 1 aliphatic heterocycles. The van der Waals surface area contributed by atoms with Crippen LogP contribution in [0.1, 0.15) is 34.3 Å². The van der Waals surface area contributed by atoms with Gasteiger partial charge < -0.3 is 9.88 Å². The smallest absolute Gasteiger partial charge is 0.295 e. The van der Waals surface area contributed by atoms with Crippen molar-refractivity contribution >= 4 is 38.1 Å². The van der Waals surface area contributed by atoms with E-state index in [2.05, 4.69) is 14.8 Å². The largest absolute Gasteiger partial charge is 0.359 e. The maximum atomic E-state index is 13.4. The first-order valence-corrected chi connectivity index (χ1v) is 14.3. The van der Waals surface area contributed by atoms with Gasteiger partial charge in [0.05, 0.1) is 28.2 Å². The number of nitrogens with zero attached hydrogens (tertiary/aromatic N) is 3. The lowest BCUT2D eigenvalue weighted by Gasteiger charge is -2.28. The standard InChI is InChI=1S/C30H26N4O4S/c1-19-17-32-27(21-9-11-23(12-10-21)39(3,37)38)28-25(19)24(18-33-28)29(35)30(36)34-15-13-22(14-16-34)26(31-2)20-7-5-4-6-8-20/h4-12,17-18,33H,13-16H2,1,3H3. The zero-order valence-corrected chi connectivity index (χ0v) is 22.4. The Morgan fingerprint density at radius 3 is 2.31 bits per heavy atom. The van der Waals surface area contributed by atoms with Crippen LogP contribution in [-0.4, -0.2) is 54.3 Å². The lowest BCUT2D eigenvalue weighted by molar-refractivity contribution is -0.126. The van der Waals surface area contributed by atoms with E-state index in [4.69, 9.17) is 6.57 Å². The fraction of sp³-hybridized carbons (Fsp3) is 0.200. The number of nitrogens with one attached hydrogen (secondary N) is 1. The van der Waals surface area contributed by atoms with Crippen molar-refractivity contribution in [2.75, 3.05) is 19.3 Å². The summed E-state index contributed by atoms with van der Waals surface area (Å²) in [7, 11) is -3.33. The summed E-state index contributed by atoms with van der Waals surface area (Å²) in [4.78, 5) is 39.8. The fourth-order valence-electron chi connectivity index (χ4n) is 4.99. The van der Waals surface area contributed by atoms with E-state index in [-0.39, 0.29) is 10.5 Å². The number of carbonyl (C=O) groups is 2. The summed E-state index contributed by atoms with van der Waals surface area (Å²) >= 11 is 0. The first-order chi connectivity index (χ1) is 18.7. The Morgan fingerprint density at radius 1 is 1.03 bits per heavy atom. The quantitative estimate of drug-likeness (QED) is 0.217. The van der Waals surface area contributed by atoms with Crippen LogP contribution in [0.4, 0.5) is 0 Å². The second kappa shape index (κ2) is 10.3. The number of aromatic nitrogens is 2. The summed E-state index contributed by atoms with van der Waals surface area (Å²) in [5.74, 6) is -1.18. The molecular weight excluding hydrogens is 512 g/mol. The molecule has 9 heteroatoms. The fourth-order valence-corrected chi connectivity index (χ4v) is 5.62. The van der Waals surface area contributed by atoms with Crippen LogP contribution in [0.15, 0.2) is 77.5 Å². The first kappa shape index (κ1) is 26.1. The molecule has 0 saturated carbocycles. The predicted molar refractivity (Wildman–Crippen MR) is 149 cm³/mol. The molecule has 0 atom stereocenters. The normalized spacial score (nSPS) is 13.8. The van der Waals surface area contributed by atoms with Crippen molar-refractivity contribution in [3.05, 3.63) is 101 Å². The van der Waals surface area contributed by atoms with E-state index in [1.165, 1.54) is 18.3 Å². The average molecular weight is 539 g/mol. The molecular formula is C30H26N4O4S. The van der Waals surface area contributed by atoms with Crippen LogP contribution in [-0.2, 0) is 14.6 Å². The summed E-state index contributed by atoms with van der Waals surface area (Å²) < 4.78 is 23.7. The zero-order valence-electron chi connectivity index (χ0n) is 21.6. The lowest BCUT2D eigenvalue weighted by atomic mass is 9.97. The third-order valence-corrected chi connectivity index (χ3v) is 8.17. The lowest BCUT2D eigenvalue weighted by Crippen LogP contribution is -2.40. The number of fused-ring (bicyclic) bond motifs is 1. The molecule has 0 radical (unpaired) electrons. The van der Waals surface area contributed by atoms with Gasteiger partial charge in [-0.3, -0.25) is 14.6 Å². The number of rotatable bonds is 5. The number of carbonyl (C=O) groups excluding carboxylic acids is 2. The van der Waals surface area contributed by atoms with Gasteiger partial charge in [-0.2, -0.15) is 0 Å². The van der Waals surface area contributed by atoms with E-state index < -0.39 is 21.5 Å². The summed E-state index contributed by atoms with van der Waals surface area (Å²) in [5.41, 5.74) is 5.34. The van der Waals surface area contributed by atoms with Crippen molar-refractivity contribution in [1.82, 2.24) is 14.9 Å². The third kappa shape index (κ3) is 4.99. The molecule has 1 N–H and O–H groups in total. The van der Waals surface area contributed by atoms with Gasteiger partial charge in [-0.05, 0) is 43.0 Å². The summed E-state index contributed by atoms with van der Waals surface area (Å²) in [6, 6.07) is 15.9. The van der Waals surface area contributed by atoms with Crippen molar-refractivity contribution in [1.29, 1.82) is 0 Å². The average Bonchev–Trinajstić information content (AvgIpc) is 3.40. The number of likely N-dealkylation sites (tertiary alicyclic amines) is 1. The minimum Gasteiger partial charge on any atom is -0.359 e.